The molecular weight excluding hydrogens is 562 g/mol. The van der Waals surface area contributed by atoms with Crippen LogP contribution in [0.25, 0.3) is 0 Å². The molecule has 2 amide bonds. The second-order valence-corrected chi connectivity index (χ2v) is 11.9. The number of rotatable bonds is 9. The summed E-state index contributed by atoms with van der Waals surface area (Å²) in [5.41, 5.74) is -1.20. The van der Waals surface area contributed by atoms with Crippen LogP contribution in [0.2, 0.25) is 5.02 Å². The number of sulfonamides is 1. The zero-order chi connectivity index (χ0) is 29.0. The van der Waals surface area contributed by atoms with Crippen LogP contribution in [-0.2, 0) is 32.3 Å². The van der Waals surface area contributed by atoms with Crippen molar-refractivity contribution >= 4 is 39.1 Å². The molecule has 214 valence electrons. The minimum Gasteiger partial charge on any atom is -0.352 e. The van der Waals surface area contributed by atoms with Crippen molar-refractivity contribution in [2.24, 2.45) is 0 Å². The van der Waals surface area contributed by atoms with Gasteiger partial charge in [-0.15, -0.1) is 0 Å². The van der Waals surface area contributed by atoms with Crippen LogP contribution in [0.1, 0.15) is 50.2 Å². The molecule has 1 aliphatic carbocycles. The number of benzene rings is 2. The fourth-order valence-corrected chi connectivity index (χ4v) is 5.50. The summed E-state index contributed by atoms with van der Waals surface area (Å²) < 4.78 is 79.5. The van der Waals surface area contributed by atoms with Crippen LogP contribution in [-0.4, -0.2) is 50.0 Å². The first-order valence-corrected chi connectivity index (χ1v) is 14.6. The molecular formula is C26H30ClF4N3O4S. The molecule has 7 nitrogen and oxygen atoms in total. The monoisotopic (exact) mass is 591 g/mol. The van der Waals surface area contributed by atoms with E-state index >= 15 is 0 Å². The molecule has 13 heteroatoms. The molecule has 1 atom stereocenters. The zero-order valence-corrected chi connectivity index (χ0v) is 23.0. The normalized spacial score (nSPS) is 15.5. The van der Waals surface area contributed by atoms with Gasteiger partial charge in [0.05, 0.1) is 22.5 Å². The third kappa shape index (κ3) is 8.31. The zero-order valence-electron chi connectivity index (χ0n) is 21.5. The molecule has 1 N–H and O–H groups in total. The number of carbonyl (C=O) groups is 2. The molecule has 0 spiro atoms. The second-order valence-electron chi connectivity index (χ2n) is 9.60. The van der Waals surface area contributed by atoms with Gasteiger partial charge < -0.3 is 10.2 Å². The summed E-state index contributed by atoms with van der Waals surface area (Å²) in [7, 11) is -4.24. The summed E-state index contributed by atoms with van der Waals surface area (Å²) in [4.78, 5) is 27.8. The Bertz CT molecular complexity index is 1280. The molecule has 0 saturated heterocycles. The number of hydrogen-bond donors (Lipinski definition) is 1. The van der Waals surface area contributed by atoms with Gasteiger partial charge in [-0.1, -0.05) is 43.0 Å². The van der Waals surface area contributed by atoms with Crippen molar-refractivity contribution in [3.05, 3.63) is 64.4 Å². The molecule has 0 radical (unpaired) electrons. The fourth-order valence-electron chi connectivity index (χ4n) is 4.44. The Morgan fingerprint density at radius 3 is 2.26 bits per heavy atom. The highest BCUT2D eigenvalue weighted by Crippen LogP contribution is 2.37. The summed E-state index contributed by atoms with van der Waals surface area (Å²) in [5.74, 6) is -1.79. The first kappa shape index (κ1) is 30.7. The van der Waals surface area contributed by atoms with Crippen molar-refractivity contribution < 1.29 is 35.6 Å². The van der Waals surface area contributed by atoms with Gasteiger partial charge in [-0.3, -0.25) is 13.9 Å². The lowest BCUT2D eigenvalue weighted by atomic mass is 9.95. The van der Waals surface area contributed by atoms with E-state index in [1.807, 2.05) is 0 Å². The van der Waals surface area contributed by atoms with Gasteiger partial charge in [0.25, 0.3) is 0 Å². The first-order valence-electron chi connectivity index (χ1n) is 12.4. The minimum atomic E-state index is -4.86. The van der Waals surface area contributed by atoms with Crippen LogP contribution < -0.4 is 9.62 Å². The SMILES string of the molecule is CC(C(=O)NC1CCCCC1)N(Cc1ccc(F)cc1)C(=O)CN(c1ccc(Cl)c(C(F)(F)F)c1)S(C)(=O)=O. The molecule has 3 rings (SSSR count). The highest BCUT2D eigenvalue weighted by atomic mass is 35.5. The highest BCUT2D eigenvalue weighted by Gasteiger charge is 2.36. The van der Waals surface area contributed by atoms with Gasteiger partial charge in [-0.2, -0.15) is 13.2 Å². The minimum absolute atomic E-state index is 0.0566. The van der Waals surface area contributed by atoms with Crippen molar-refractivity contribution in [1.29, 1.82) is 0 Å². The Kier molecular flexibility index (Phi) is 9.87. The number of alkyl halides is 3. The van der Waals surface area contributed by atoms with Crippen molar-refractivity contribution in [2.45, 2.75) is 63.8 Å². The number of carbonyl (C=O) groups excluding carboxylic acids is 2. The number of halogens is 5. The van der Waals surface area contributed by atoms with E-state index in [0.29, 0.717) is 15.9 Å². The number of hydrogen-bond acceptors (Lipinski definition) is 4. The summed E-state index contributed by atoms with van der Waals surface area (Å²) in [5, 5.41) is 2.30. The van der Waals surface area contributed by atoms with Gasteiger partial charge in [0, 0.05) is 12.6 Å². The third-order valence-corrected chi connectivity index (χ3v) is 8.08. The highest BCUT2D eigenvalue weighted by molar-refractivity contribution is 7.92. The van der Waals surface area contributed by atoms with Crippen LogP contribution in [0.5, 0.6) is 0 Å². The van der Waals surface area contributed by atoms with Gasteiger partial charge in [0.1, 0.15) is 18.4 Å². The maximum atomic E-state index is 13.5. The molecule has 0 bridgehead atoms. The van der Waals surface area contributed by atoms with E-state index < -0.39 is 62.7 Å². The molecule has 1 fully saturated rings. The van der Waals surface area contributed by atoms with Gasteiger partial charge >= 0.3 is 6.18 Å². The number of nitrogens with one attached hydrogen (secondary N) is 1. The topological polar surface area (TPSA) is 86.8 Å². The van der Waals surface area contributed by atoms with E-state index in [0.717, 1.165) is 55.4 Å². The van der Waals surface area contributed by atoms with Crippen molar-refractivity contribution in [2.75, 3.05) is 17.1 Å². The van der Waals surface area contributed by atoms with E-state index in [2.05, 4.69) is 5.32 Å². The summed E-state index contributed by atoms with van der Waals surface area (Å²) in [6, 6.07) is 6.62. The summed E-state index contributed by atoms with van der Waals surface area (Å²) >= 11 is 5.68. The fraction of sp³-hybridized carbons (Fsp3) is 0.462. The van der Waals surface area contributed by atoms with Crippen LogP contribution in [0, 0.1) is 5.82 Å². The van der Waals surface area contributed by atoms with Crippen LogP contribution in [0.3, 0.4) is 0 Å². The van der Waals surface area contributed by atoms with Crippen LogP contribution >= 0.6 is 11.6 Å². The predicted octanol–water partition coefficient (Wildman–Crippen LogP) is 5.13. The average molecular weight is 592 g/mol. The molecule has 1 aliphatic rings. The van der Waals surface area contributed by atoms with E-state index in [-0.39, 0.29) is 12.6 Å². The molecule has 0 heterocycles. The second kappa shape index (κ2) is 12.5. The smallest absolute Gasteiger partial charge is 0.352 e. The van der Waals surface area contributed by atoms with Crippen molar-refractivity contribution in [1.82, 2.24) is 10.2 Å². The number of anilines is 1. The molecule has 39 heavy (non-hydrogen) atoms. The van der Waals surface area contributed by atoms with Crippen LogP contribution in [0.4, 0.5) is 23.2 Å². The first-order chi connectivity index (χ1) is 18.2. The lowest BCUT2D eigenvalue weighted by molar-refractivity contribution is -0.139. The molecule has 1 saturated carbocycles. The Morgan fingerprint density at radius 1 is 1.08 bits per heavy atom. The Labute approximate surface area is 230 Å². The Morgan fingerprint density at radius 2 is 1.69 bits per heavy atom. The lowest BCUT2D eigenvalue weighted by Gasteiger charge is -2.33. The summed E-state index contributed by atoms with van der Waals surface area (Å²) in [6.45, 7) is 0.443. The standard InChI is InChI=1S/C26H30ClF4N3O4S/c1-17(25(36)32-20-6-4-3-5-7-20)33(15-18-8-10-19(28)11-9-18)24(35)16-34(39(2,37)38)21-12-13-23(27)22(14-21)26(29,30)31/h8-14,17,20H,3-7,15-16H2,1-2H3,(H,32,36). The van der Waals surface area contributed by atoms with Gasteiger partial charge in [-0.05, 0) is 55.7 Å². The molecule has 2 aromatic carbocycles. The van der Waals surface area contributed by atoms with Gasteiger partial charge in [0.2, 0.25) is 21.8 Å². The maximum Gasteiger partial charge on any atom is 0.417 e. The maximum absolute atomic E-state index is 13.5. The van der Waals surface area contributed by atoms with E-state index in [9.17, 15) is 35.6 Å². The Balaban J connectivity index is 1.92. The molecule has 1 unspecified atom stereocenters. The van der Waals surface area contributed by atoms with E-state index in [1.54, 1.807) is 0 Å². The summed E-state index contributed by atoms with van der Waals surface area (Å²) in [6.07, 6.45) is 0.476. The van der Waals surface area contributed by atoms with Crippen molar-refractivity contribution in [3.8, 4) is 0 Å². The number of amides is 2. The predicted molar refractivity (Wildman–Crippen MR) is 140 cm³/mol. The van der Waals surface area contributed by atoms with E-state index in [1.165, 1.54) is 31.2 Å². The lowest BCUT2D eigenvalue weighted by Crippen LogP contribution is -2.53. The molecule has 2 aromatic rings. The van der Waals surface area contributed by atoms with Gasteiger partial charge in [-0.25, -0.2) is 12.8 Å². The largest absolute Gasteiger partial charge is 0.417 e. The van der Waals surface area contributed by atoms with Crippen molar-refractivity contribution in [3.63, 3.8) is 0 Å². The Hall–Kier alpha value is -2.86. The van der Waals surface area contributed by atoms with E-state index in [4.69, 9.17) is 11.6 Å². The third-order valence-electron chi connectivity index (χ3n) is 6.61. The number of nitrogens with zero attached hydrogens (tertiary/aromatic N) is 2. The molecule has 0 aromatic heterocycles. The average Bonchev–Trinajstić information content (AvgIpc) is 2.86. The van der Waals surface area contributed by atoms with Gasteiger partial charge in [0.15, 0.2) is 0 Å². The quantitative estimate of drug-likeness (QED) is 0.410. The van der Waals surface area contributed by atoms with Crippen LogP contribution in [0.15, 0.2) is 42.5 Å². The molecule has 0 aliphatic heterocycles.